The van der Waals surface area contributed by atoms with Gasteiger partial charge in [0.05, 0.1) is 25.6 Å². The molecule has 0 saturated heterocycles. The summed E-state index contributed by atoms with van der Waals surface area (Å²) in [6, 6.07) is 20.4. The molecule has 0 aliphatic carbocycles. The Hall–Kier alpha value is -3.71. The second-order valence-corrected chi connectivity index (χ2v) is 8.63. The molecule has 6 nitrogen and oxygen atoms in total. The summed E-state index contributed by atoms with van der Waals surface area (Å²) in [7, 11) is 3.11. The molecule has 7 heteroatoms. The molecule has 1 aliphatic heterocycles. The number of rotatable bonds is 7. The van der Waals surface area contributed by atoms with E-state index in [9.17, 15) is 9.59 Å². The second-order valence-electron chi connectivity index (χ2n) is 7.55. The highest BCUT2D eigenvalue weighted by Crippen LogP contribution is 2.40. The highest BCUT2D eigenvalue weighted by Gasteiger charge is 2.41. The fourth-order valence-corrected chi connectivity index (χ4v) is 4.59. The third-order valence-electron chi connectivity index (χ3n) is 5.26. The lowest BCUT2D eigenvalue weighted by Gasteiger charge is -2.18. The van der Waals surface area contributed by atoms with Gasteiger partial charge in [-0.05, 0) is 49.7 Å². The third kappa shape index (κ3) is 4.45. The zero-order valence-corrected chi connectivity index (χ0v) is 19.7. The highest BCUT2D eigenvalue weighted by atomic mass is 32.2. The Morgan fingerprint density at radius 2 is 1.61 bits per heavy atom. The standard InChI is InChI=1S/C26H24N2O4S/c1-16-10-12-21(17(2)14-16)28-25(29)23(24(26(28)30)33-19-8-6-5-7-9-19)27-20-15-18(31-3)11-13-22(20)32-4/h5-15,27H,1-4H3. The number of hydrogen-bond acceptors (Lipinski definition) is 6. The van der Waals surface area contributed by atoms with Crippen LogP contribution in [0.25, 0.3) is 0 Å². The van der Waals surface area contributed by atoms with Gasteiger partial charge in [0.2, 0.25) is 0 Å². The van der Waals surface area contributed by atoms with Gasteiger partial charge in [-0.2, -0.15) is 0 Å². The summed E-state index contributed by atoms with van der Waals surface area (Å²) in [5.41, 5.74) is 3.20. The van der Waals surface area contributed by atoms with Gasteiger partial charge < -0.3 is 14.8 Å². The number of carbonyl (C=O) groups excluding carboxylic acids is 2. The van der Waals surface area contributed by atoms with Gasteiger partial charge in [-0.3, -0.25) is 9.59 Å². The third-order valence-corrected chi connectivity index (χ3v) is 6.35. The van der Waals surface area contributed by atoms with Crippen molar-refractivity contribution in [3.8, 4) is 11.5 Å². The van der Waals surface area contributed by atoms with Gasteiger partial charge in [0.25, 0.3) is 11.8 Å². The van der Waals surface area contributed by atoms with E-state index >= 15 is 0 Å². The maximum absolute atomic E-state index is 13.6. The van der Waals surface area contributed by atoms with Gasteiger partial charge in [0, 0.05) is 11.0 Å². The molecule has 0 saturated carbocycles. The van der Waals surface area contributed by atoms with Crippen LogP contribution >= 0.6 is 11.8 Å². The summed E-state index contributed by atoms with van der Waals surface area (Å²) in [5.74, 6) is 0.331. The predicted molar refractivity (Wildman–Crippen MR) is 131 cm³/mol. The van der Waals surface area contributed by atoms with E-state index in [1.54, 1.807) is 38.5 Å². The molecule has 1 N–H and O–H groups in total. The van der Waals surface area contributed by atoms with Crippen molar-refractivity contribution < 1.29 is 19.1 Å². The summed E-state index contributed by atoms with van der Waals surface area (Å²) >= 11 is 1.25. The second kappa shape index (κ2) is 9.42. The zero-order chi connectivity index (χ0) is 23.5. The molecule has 1 heterocycles. The molecule has 1 aliphatic rings. The van der Waals surface area contributed by atoms with Gasteiger partial charge in [-0.25, -0.2) is 4.90 Å². The molecule has 0 fully saturated rings. The Balaban J connectivity index is 1.80. The molecule has 0 aromatic heterocycles. The predicted octanol–water partition coefficient (Wildman–Crippen LogP) is 5.31. The van der Waals surface area contributed by atoms with Gasteiger partial charge >= 0.3 is 0 Å². The summed E-state index contributed by atoms with van der Waals surface area (Å²) in [6.07, 6.45) is 0. The van der Waals surface area contributed by atoms with Crippen LogP contribution in [0.15, 0.2) is 82.2 Å². The Labute approximate surface area is 197 Å². The van der Waals surface area contributed by atoms with Crippen LogP contribution in [-0.2, 0) is 9.59 Å². The van der Waals surface area contributed by atoms with Crippen molar-refractivity contribution in [1.82, 2.24) is 0 Å². The van der Waals surface area contributed by atoms with E-state index in [0.29, 0.717) is 27.8 Å². The number of anilines is 2. The summed E-state index contributed by atoms with van der Waals surface area (Å²) in [4.78, 5) is 29.6. The molecule has 4 rings (SSSR count). The van der Waals surface area contributed by atoms with E-state index in [0.717, 1.165) is 16.0 Å². The van der Waals surface area contributed by atoms with Crippen LogP contribution in [0.1, 0.15) is 11.1 Å². The van der Waals surface area contributed by atoms with Crippen LogP contribution in [-0.4, -0.2) is 26.0 Å². The molecule has 0 unspecified atom stereocenters. The zero-order valence-electron chi connectivity index (χ0n) is 18.8. The SMILES string of the molecule is COc1ccc(OC)c(NC2=C(Sc3ccccc3)C(=O)N(c3ccc(C)cc3C)C2=O)c1. The number of amides is 2. The molecule has 3 aromatic rings. The molecular weight excluding hydrogens is 436 g/mol. The average molecular weight is 461 g/mol. The van der Waals surface area contributed by atoms with Crippen LogP contribution in [0.2, 0.25) is 0 Å². The Bertz CT molecular complexity index is 1250. The van der Waals surface area contributed by atoms with E-state index in [1.165, 1.54) is 16.7 Å². The van der Waals surface area contributed by atoms with E-state index < -0.39 is 5.91 Å². The number of imide groups is 1. The van der Waals surface area contributed by atoms with Gasteiger partial charge in [-0.1, -0.05) is 47.7 Å². The van der Waals surface area contributed by atoms with Crippen LogP contribution < -0.4 is 19.7 Å². The molecular formula is C26H24N2O4S. The van der Waals surface area contributed by atoms with Crippen molar-refractivity contribution in [2.75, 3.05) is 24.4 Å². The lowest BCUT2D eigenvalue weighted by Crippen LogP contribution is -2.33. The van der Waals surface area contributed by atoms with E-state index in [2.05, 4.69) is 5.32 Å². The minimum absolute atomic E-state index is 0.195. The van der Waals surface area contributed by atoms with E-state index in [4.69, 9.17) is 9.47 Å². The first kappa shape index (κ1) is 22.5. The molecule has 2 amide bonds. The maximum Gasteiger partial charge on any atom is 0.283 e. The molecule has 0 atom stereocenters. The summed E-state index contributed by atoms with van der Waals surface area (Å²) in [6.45, 7) is 3.87. The van der Waals surface area contributed by atoms with Gasteiger partial charge in [0.1, 0.15) is 22.1 Å². The van der Waals surface area contributed by atoms with Crippen LogP contribution in [0, 0.1) is 13.8 Å². The first-order valence-corrected chi connectivity index (χ1v) is 11.2. The minimum Gasteiger partial charge on any atom is -0.497 e. The van der Waals surface area contributed by atoms with Gasteiger partial charge in [0.15, 0.2) is 0 Å². The first-order chi connectivity index (χ1) is 15.9. The van der Waals surface area contributed by atoms with Gasteiger partial charge in [-0.15, -0.1) is 0 Å². The Morgan fingerprint density at radius 3 is 2.27 bits per heavy atom. The number of ether oxygens (including phenoxy) is 2. The van der Waals surface area contributed by atoms with Crippen LogP contribution in [0.3, 0.4) is 0 Å². The number of benzene rings is 3. The molecule has 33 heavy (non-hydrogen) atoms. The monoisotopic (exact) mass is 460 g/mol. The quantitative estimate of drug-likeness (QED) is 0.482. The van der Waals surface area contributed by atoms with Crippen molar-refractivity contribution in [3.05, 3.63) is 88.5 Å². The number of thioether (sulfide) groups is 1. The van der Waals surface area contributed by atoms with Crippen LogP contribution in [0.5, 0.6) is 11.5 Å². The largest absolute Gasteiger partial charge is 0.497 e. The minimum atomic E-state index is -0.421. The van der Waals surface area contributed by atoms with Crippen molar-refractivity contribution in [1.29, 1.82) is 0 Å². The molecule has 0 radical (unpaired) electrons. The number of aryl methyl sites for hydroxylation is 2. The number of nitrogens with one attached hydrogen (secondary N) is 1. The number of nitrogens with zero attached hydrogens (tertiary/aromatic N) is 1. The van der Waals surface area contributed by atoms with Crippen molar-refractivity contribution in [2.45, 2.75) is 18.7 Å². The van der Waals surface area contributed by atoms with Crippen LogP contribution in [0.4, 0.5) is 11.4 Å². The lowest BCUT2D eigenvalue weighted by atomic mass is 10.1. The molecule has 0 spiro atoms. The van der Waals surface area contributed by atoms with Crippen molar-refractivity contribution >= 4 is 35.0 Å². The van der Waals surface area contributed by atoms with Crippen molar-refractivity contribution in [3.63, 3.8) is 0 Å². The average Bonchev–Trinajstić information content (AvgIpc) is 3.04. The molecule has 0 bridgehead atoms. The smallest absolute Gasteiger partial charge is 0.283 e. The van der Waals surface area contributed by atoms with E-state index in [1.807, 2.05) is 56.3 Å². The fraction of sp³-hybridized carbons (Fsp3) is 0.154. The molecule has 3 aromatic carbocycles. The normalized spacial score (nSPS) is 13.5. The summed E-state index contributed by atoms with van der Waals surface area (Å²) < 4.78 is 10.8. The number of hydrogen-bond donors (Lipinski definition) is 1. The number of methoxy groups -OCH3 is 2. The maximum atomic E-state index is 13.6. The highest BCUT2D eigenvalue weighted by molar-refractivity contribution is 8.04. The Kier molecular flexibility index (Phi) is 6.42. The van der Waals surface area contributed by atoms with Crippen molar-refractivity contribution in [2.24, 2.45) is 0 Å². The molecule has 168 valence electrons. The summed E-state index contributed by atoms with van der Waals surface area (Å²) in [5, 5.41) is 3.16. The number of carbonyl (C=O) groups is 2. The Morgan fingerprint density at radius 1 is 0.848 bits per heavy atom. The topological polar surface area (TPSA) is 67.9 Å². The fourth-order valence-electron chi connectivity index (χ4n) is 3.64. The lowest BCUT2D eigenvalue weighted by molar-refractivity contribution is -0.120. The first-order valence-electron chi connectivity index (χ1n) is 10.3. The van der Waals surface area contributed by atoms with E-state index in [-0.39, 0.29) is 11.6 Å².